The van der Waals surface area contributed by atoms with E-state index >= 15 is 0 Å². The van der Waals surface area contributed by atoms with Gasteiger partial charge in [-0.2, -0.15) is 22.0 Å². The van der Waals surface area contributed by atoms with Crippen molar-refractivity contribution < 1.29 is 40.4 Å². The molecule has 1 fully saturated rings. The predicted octanol–water partition coefficient (Wildman–Crippen LogP) is 6.74. The van der Waals surface area contributed by atoms with E-state index < -0.39 is 23.9 Å². The van der Waals surface area contributed by atoms with Crippen LogP contribution in [0.4, 0.5) is 32.0 Å². The van der Waals surface area contributed by atoms with Crippen molar-refractivity contribution in [2.75, 3.05) is 44.2 Å². The van der Waals surface area contributed by atoms with Crippen LogP contribution in [-0.2, 0) is 12.8 Å². The molecule has 0 saturated carbocycles. The van der Waals surface area contributed by atoms with Crippen molar-refractivity contribution in [3.05, 3.63) is 102 Å². The van der Waals surface area contributed by atoms with Crippen molar-refractivity contribution in [2.24, 2.45) is 0 Å². The number of nitrogens with zero attached hydrogens (tertiary/aromatic N) is 3. The molecule has 0 radical (unpaired) electrons. The molecule has 1 amide bonds. The molecule has 0 unspecified atom stereocenters. The van der Waals surface area contributed by atoms with Gasteiger partial charge in [0.05, 0.1) is 5.69 Å². The summed E-state index contributed by atoms with van der Waals surface area (Å²) in [6.45, 7) is 2.47. The van der Waals surface area contributed by atoms with E-state index in [1.54, 1.807) is 4.90 Å². The first kappa shape index (κ1) is 32.9. The van der Waals surface area contributed by atoms with Crippen LogP contribution in [0.1, 0.15) is 28.1 Å². The van der Waals surface area contributed by atoms with E-state index in [-0.39, 0.29) is 24.7 Å². The molecule has 1 N–H and O–H groups in total. The van der Waals surface area contributed by atoms with Crippen molar-refractivity contribution in [1.82, 2.24) is 15.4 Å². The number of aromatic nitrogens is 1. The van der Waals surface area contributed by atoms with Crippen LogP contribution < -0.4 is 15.0 Å². The number of anilines is 1. The molecule has 1 aliphatic heterocycles. The predicted molar refractivity (Wildman–Crippen MR) is 159 cm³/mol. The van der Waals surface area contributed by atoms with Gasteiger partial charge in [-0.15, -0.1) is 0 Å². The van der Waals surface area contributed by atoms with Crippen LogP contribution in [0, 0.1) is 5.82 Å². The first-order valence-electron chi connectivity index (χ1n) is 14.8. The standard InChI is InChI=1S/C33H32F6N4O3/c34-25-13-14-26(28(22-25)45-33(38,39)32(35,36)37)43-20-18-42(19-21-43)17-7-16-40-31(44)29-27(15-12-23-8-3-1-4-9-23)46-41-30(29)24-10-5-2-6-11-24/h1-6,8-11,13-14,22H,7,12,15-21H2,(H,40,44). The Morgan fingerprint density at radius 1 is 0.891 bits per heavy atom. The number of nitrogens with one attached hydrogen (secondary N) is 1. The molecular formula is C33H32F6N4O3. The van der Waals surface area contributed by atoms with E-state index in [1.807, 2.05) is 60.7 Å². The van der Waals surface area contributed by atoms with Gasteiger partial charge in [0.15, 0.2) is 5.75 Å². The van der Waals surface area contributed by atoms with E-state index in [9.17, 15) is 31.1 Å². The highest BCUT2D eigenvalue weighted by molar-refractivity contribution is 6.00. The molecule has 1 saturated heterocycles. The number of carbonyl (C=O) groups is 1. The summed E-state index contributed by atoms with van der Waals surface area (Å²) in [6.07, 6.45) is -9.66. The van der Waals surface area contributed by atoms with Gasteiger partial charge in [-0.1, -0.05) is 65.8 Å². The maximum atomic E-state index is 13.7. The summed E-state index contributed by atoms with van der Waals surface area (Å²) in [5, 5.41) is 7.18. The summed E-state index contributed by atoms with van der Waals surface area (Å²) < 4.78 is 88.7. The number of halogens is 6. The molecule has 0 bridgehead atoms. The molecule has 1 aromatic heterocycles. The van der Waals surface area contributed by atoms with Crippen LogP contribution in [0.3, 0.4) is 0 Å². The second kappa shape index (κ2) is 14.3. The summed E-state index contributed by atoms with van der Waals surface area (Å²) in [6, 6.07) is 21.8. The number of rotatable bonds is 12. The molecule has 46 heavy (non-hydrogen) atoms. The highest BCUT2D eigenvalue weighted by Crippen LogP contribution is 2.41. The van der Waals surface area contributed by atoms with E-state index in [0.717, 1.165) is 23.3 Å². The van der Waals surface area contributed by atoms with Crippen molar-refractivity contribution in [1.29, 1.82) is 0 Å². The van der Waals surface area contributed by atoms with Crippen LogP contribution in [0.2, 0.25) is 0 Å². The molecule has 2 heterocycles. The lowest BCUT2D eigenvalue weighted by molar-refractivity contribution is -0.360. The molecular weight excluding hydrogens is 614 g/mol. The van der Waals surface area contributed by atoms with Crippen LogP contribution in [0.5, 0.6) is 5.75 Å². The molecule has 5 rings (SSSR count). The van der Waals surface area contributed by atoms with Gasteiger partial charge in [0.25, 0.3) is 5.91 Å². The second-order valence-electron chi connectivity index (χ2n) is 10.8. The quantitative estimate of drug-likeness (QED) is 0.136. The van der Waals surface area contributed by atoms with Crippen molar-refractivity contribution >= 4 is 11.6 Å². The fourth-order valence-corrected chi connectivity index (χ4v) is 5.26. The summed E-state index contributed by atoms with van der Waals surface area (Å²) >= 11 is 0. The van der Waals surface area contributed by atoms with Gasteiger partial charge < -0.3 is 19.5 Å². The minimum atomic E-state index is -5.95. The number of hydrogen-bond donors (Lipinski definition) is 1. The lowest BCUT2D eigenvalue weighted by Gasteiger charge is -2.37. The molecule has 0 spiro atoms. The van der Waals surface area contributed by atoms with Gasteiger partial charge in [-0.3, -0.25) is 9.69 Å². The number of aryl methyl sites for hydroxylation is 2. The largest absolute Gasteiger partial charge is 0.499 e. The smallest absolute Gasteiger partial charge is 0.423 e. The molecule has 3 aromatic carbocycles. The number of hydrogen-bond acceptors (Lipinski definition) is 6. The van der Waals surface area contributed by atoms with Gasteiger partial charge >= 0.3 is 12.3 Å². The van der Waals surface area contributed by atoms with Gasteiger partial charge in [0, 0.05) is 50.8 Å². The number of benzene rings is 3. The van der Waals surface area contributed by atoms with Gasteiger partial charge in [-0.25, -0.2) is 4.39 Å². The number of carbonyl (C=O) groups excluding carboxylic acids is 1. The van der Waals surface area contributed by atoms with Gasteiger partial charge in [-0.05, 0) is 37.1 Å². The monoisotopic (exact) mass is 646 g/mol. The summed E-state index contributed by atoms with van der Waals surface area (Å²) in [5.41, 5.74) is 2.67. The topological polar surface area (TPSA) is 70.8 Å². The molecule has 0 atom stereocenters. The first-order chi connectivity index (χ1) is 22.0. The molecule has 4 aromatic rings. The van der Waals surface area contributed by atoms with Crippen molar-refractivity contribution in [3.63, 3.8) is 0 Å². The summed E-state index contributed by atoms with van der Waals surface area (Å²) in [7, 11) is 0. The zero-order chi connectivity index (χ0) is 32.7. The Morgan fingerprint density at radius 2 is 1.57 bits per heavy atom. The summed E-state index contributed by atoms with van der Waals surface area (Å²) in [5.74, 6) is -1.69. The highest BCUT2D eigenvalue weighted by atomic mass is 19.4. The number of piperazine rings is 1. The fourth-order valence-electron chi connectivity index (χ4n) is 5.26. The Bertz CT molecular complexity index is 1590. The van der Waals surface area contributed by atoms with Crippen LogP contribution in [0.15, 0.2) is 83.4 Å². The summed E-state index contributed by atoms with van der Waals surface area (Å²) in [4.78, 5) is 17.1. The molecule has 7 nitrogen and oxygen atoms in total. The van der Waals surface area contributed by atoms with Crippen molar-refractivity contribution in [2.45, 2.75) is 31.5 Å². The SMILES string of the molecule is O=C(NCCCN1CCN(c2ccc(F)cc2OC(F)(F)C(F)(F)F)CC1)c1c(-c2ccccc2)noc1CCc1ccccc1. The molecule has 1 aliphatic rings. The molecule has 13 heteroatoms. The molecule has 244 valence electrons. The Labute approximate surface area is 261 Å². The fraction of sp³-hybridized carbons (Fsp3) is 0.333. The highest BCUT2D eigenvalue weighted by Gasteiger charge is 2.61. The van der Waals surface area contributed by atoms with E-state index in [1.165, 1.54) is 0 Å². The van der Waals surface area contributed by atoms with Crippen LogP contribution >= 0.6 is 0 Å². The molecule has 0 aliphatic carbocycles. The maximum absolute atomic E-state index is 13.7. The van der Waals surface area contributed by atoms with Crippen LogP contribution in [0.25, 0.3) is 11.3 Å². The average molecular weight is 647 g/mol. The second-order valence-corrected chi connectivity index (χ2v) is 10.8. The number of alkyl halides is 5. The Hall–Kier alpha value is -4.52. The zero-order valence-corrected chi connectivity index (χ0v) is 24.7. The first-order valence-corrected chi connectivity index (χ1v) is 14.8. The Balaban J connectivity index is 1.15. The lowest BCUT2D eigenvalue weighted by atomic mass is 10.0. The lowest BCUT2D eigenvalue weighted by Crippen LogP contribution is -2.47. The number of amides is 1. The third-order valence-electron chi connectivity index (χ3n) is 7.66. The number of ether oxygens (including phenoxy) is 1. The third kappa shape index (κ3) is 8.00. The minimum absolute atomic E-state index is 0.0525. The van der Waals surface area contributed by atoms with Crippen LogP contribution in [-0.4, -0.2) is 67.5 Å². The average Bonchev–Trinajstić information content (AvgIpc) is 3.47. The van der Waals surface area contributed by atoms with E-state index in [0.29, 0.717) is 68.5 Å². The Morgan fingerprint density at radius 3 is 2.24 bits per heavy atom. The third-order valence-corrected chi connectivity index (χ3v) is 7.66. The van der Waals surface area contributed by atoms with Gasteiger partial charge in [0.2, 0.25) is 0 Å². The van der Waals surface area contributed by atoms with Gasteiger partial charge in [0.1, 0.15) is 22.8 Å². The maximum Gasteiger partial charge on any atom is 0.499 e. The minimum Gasteiger partial charge on any atom is -0.423 e. The van der Waals surface area contributed by atoms with E-state index in [4.69, 9.17) is 4.52 Å². The zero-order valence-electron chi connectivity index (χ0n) is 24.7. The normalized spacial score (nSPS) is 14.3. The Kier molecular flexibility index (Phi) is 10.2. The van der Waals surface area contributed by atoms with E-state index in [2.05, 4.69) is 20.1 Å². The van der Waals surface area contributed by atoms with Crippen molar-refractivity contribution in [3.8, 4) is 17.0 Å².